The Kier molecular flexibility index (Phi) is 4.40. The van der Waals surface area contributed by atoms with Gasteiger partial charge >= 0.3 is 0 Å². The Bertz CT molecular complexity index is 700. The Morgan fingerprint density at radius 2 is 2.21 bits per heavy atom. The van der Waals surface area contributed by atoms with Gasteiger partial charge in [-0.15, -0.1) is 0 Å². The van der Waals surface area contributed by atoms with Gasteiger partial charge < -0.3 is 19.4 Å². The van der Waals surface area contributed by atoms with Crippen molar-refractivity contribution >= 4 is 0 Å². The average Bonchev–Trinajstić information content (AvgIpc) is 2.88. The van der Waals surface area contributed by atoms with Crippen LogP contribution in [0.15, 0.2) is 30.6 Å². The van der Waals surface area contributed by atoms with Crippen LogP contribution < -0.4 is 14.8 Å². The van der Waals surface area contributed by atoms with Crippen LogP contribution in [0.3, 0.4) is 0 Å². The van der Waals surface area contributed by atoms with Crippen LogP contribution in [0, 0.1) is 0 Å². The summed E-state index contributed by atoms with van der Waals surface area (Å²) in [6.07, 6.45) is 4.80. The van der Waals surface area contributed by atoms with E-state index in [4.69, 9.17) is 9.47 Å². The molecule has 1 saturated heterocycles. The third-order valence-electron chi connectivity index (χ3n) is 4.74. The molecule has 6 nitrogen and oxygen atoms in total. The fourth-order valence-corrected chi connectivity index (χ4v) is 3.49. The van der Waals surface area contributed by atoms with Crippen LogP contribution in [0.25, 0.3) is 0 Å². The second kappa shape index (κ2) is 6.83. The van der Waals surface area contributed by atoms with Gasteiger partial charge in [-0.25, -0.2) is 4.98 Å². The molecular weight excluding hydrogens is 304 g/mol. The van der Waals surface area contributed by atoms with Crippen molar-refractivity contribution < 1.29 is 9.47 Å². The molecule has 1 aromatic carbocycles. The molecule has 4 rings (SSSR count). The monoisotopic (exact) mass is 328 g/mol. The number of hydrogen-bond acceptors (Lipinski definition) is 5. The lowest BCUT2D eigenvalue weighted by Crippen LogP contribution is -2.46. The summed E-state index contributed by atoms with van der Waals surface area (Å²) in [7, 11) is 2.06. The summed E-state index contributed by atoms with van der Waals surface area (Å²) >= 11 is 0. The largest absolute Gasteiger partial charge is 0.490 e. The van der Waals surface area contributed by atoms with Gasteiger partial charge in [-0.1, -0.05) is 12.1 Å². The Labute approximate surface area is 142 Å². The highest BCUT2D eigenvalue weighted by molar-refractivity contribution is 5.47. The van der Waals surface area contributed by atoms with Gasteiger partial charge in [-0.05, 0) is 6.07 Å². The number of ether oxygens (including phenoxy) is 2. The van der Waals surface area contributed by atoms with Crippen molar-refractivity contribution in [3.63, 3.8) is 0 Å². The summed E-state index contributed by atoms with van der Waals surface area (Å²) in [4.78, 5) is 7.03. The maximum atomic E-state index is 5.98. The third-order valence-corrected chi connectivity index (χ3v) is 4.74. The molecule has 1 atom stereocenters. The van der Waals surface area contributed by atoms with Crippen molar-refractivity contribution in [2.24, 2.45) is 7.05 Å². The first kappa shape index (κ1) is 15.5. The zero-order chi connectivity index (χ0) is 16.4. The smallest absolute Gasteiger partial charge is 0.165 e. The Hall–Kier alpha value is -2.05. The number of benzene rings is 1. The van der Waals surface area contributed by atoms with E-state index in [-0.39, 0.29) is 6.04 Å². The van der Waals surface area contributed by atoms with Gasteiger partial charge in [-0.2, -0.15) is 0 Å². The first-order chi connectivity index (χ1) is 11.8. The molecule has 1 fully saturated rings. The van der Waals surface area contributed by atoms with Crippen LogP contribution in [0.1, 0.15) is 23.9 Å². The molecule has 128 valence electrons. The van der Waals surface area contributed by atoms with Gasteiger partial charge in [0.15, 0.2) is 11.5 Å². The van der Waals surface area contributed by atoms with Crippen LogP contribution in [-0.4, -0.2) is 47.3 Å². The molecule has 0 radical (unpaired) electrons. The second-order valence-electron chi connectivity index (χ2n) is 6.38. The van der Waals surface area contributed by atoms with Crippen molar-refractivity contribution in [2.75, 3.05) is 32.8 Å². The quantitative estimate of drug-likeness (QED) is 0.930. The number of rotatable bonds is 3. The molecule has 6 heteroatoms. The number of nitrogens with zero attached hydrogens (tertiary/aromatic N) is 3. The first-order valence-electron chi connectivity index (χ1n) is 8.62. The number of nitrogens with one attached hydrogen (secondary N) is 1. The summed E-state index contributed by atoms with van der Waals surface area (Å²) in [6, 6.07) is 6.46. The zero-order valence-electron chi connectivity index (χ0n) is 14.1. The minimum Gasteiger partial charge on any atom is -0.490 e. The molecule has 1 aromatic heterocycles. The van der Waals surface area contributed by atoms with Crippen LogP contribution in [0.2, 0.25) is 0 Å². The number of aryl methyl sites for hydroxylation is 1. The first-order valence-corrected chi connectivity index (χ1v) is 8.62. The molecule has 0 bridgehead atoms. The van der Waals surface area contributed by atoms with Gasteiger partial charge in [0, 0.05) is 57.6 Å². The number of aromatic nitrogens is 2. The fraction of sp³-hybridized carbons (Fsp3) is 0.500. The Morgan fingerprint density at radius 1 is 1.29 bits per heavy atom. The van der Waals surface area contributed by atoms with E-state index in [0.29, 0.717) is 6.61 Å². The van der Waals surface area contributed by atoms with Gasteiger partial charge in [0.05, 0.1) is 19.3 Å². The summed E-state index contributed by atoms with van der Waals surface area (Å²) in [6.45, 7) is 5.17. The van der Waals surface area contributed by atoms with E-state index in [0.717, 1.165) is 56.5 Å². The topological polar surface area (TPSA) is 51.6 Å². The summed E-state index contributed by atoms with van der Waals surface area (Å²) < 4.78 is 13.9. The van der Waals surface area contributed by atoms with E-state index in [9.17, 15) is 0 Å². The van der Waals surface area contributed by atoms with Gasteiger partial charge in [0.1, 0.15) is 5.82 Å². The molecule has 2 aliphatic heterocycles. The summed E-state index contributed by atoms with van der Waals surface area (Å²) in [5.74, 6) is 2.88. The number of fused-ring (bicyclic) bond motifs is 1. The average molecular weight is 328 g/mol. The highest BCUT2D eigenvalue weighted by Gasteiger charge is 2.28. The minimum atomic E-state index is 0.265. The molecule has 2 aliphatic rings. The van der Waals surface area contributed by atoms with E-state index in [1.165, 1.54) is 5.56 Å². The molecule has 0 amide bonds. The van der Waals surface area contributed by atoms with Crippen LogP contribution in [0.5, 0.6) is 11.5 Å². The lowest BCUT2D eigenvalue weighted by molar-refractivity contribution is 0.142. The lowest BCUT2D eigenvalue weighted by Gasteiger charge is -2.36. The van der Waals surface area contributed by atoms with E-state index in [1.54, 1.807) is 0 Å². The van der Waals surface area contributed by atoms with Crippen LogP contribution in [0.4, 0.5) is 0 Å². The molecular formula is C18H24N4O2. The van der Waals surface area contributed by atoms with Crippen LogP contribution >= 0.6 is 0 Å². The normalized spacial score (nSPS) is 21.5. The molecule has 0 spiro atoms. The van der Waals surface area contributed by atoms with Gasteiger partial charge in [0.25, 0.3) is 0 Å². The van der Waals surface area contributed by atoms with Crippen molar-refractivity contribution in [1.29, 1.82) is 0 Å². The van der Waals surface area contributed by atoms with Crippen molar-refractivity contribution in [2.45, 2.75) is 19.0 Å². The Morgan fingerprint density at radius 3 is 3.08 bits per heavy atom. The van der Waals surface area contributed by atoms with Crippen LogP contribution in [-0.2, 0) is 13.6 Å². The number of para-hydroxylation sites is 1. The molecule has 3 heterocycles. The van der Waals surface area contributed by atoms with E-state index >= 15 is 0 Å². The molecule has 0 aliphatic carbocycles. The van der Waals surface area contributed by atoms with Crippen molar-refractivity contribution in [1.82, 2.24) is 19.8 Å². The SMILES string of the molecule is Cn1ccnc1C1CNCCN1Cc1cccc2c1OCCCO2. The fourth-order valence-electron chi connectivity index (χ4n) is 3.49. The van der Waals surface area contributed by atoms with Gasteiger partial charge in [0.2, 0.25) is 0 Å². The second-order valence-corrected chi connectivity index (χ2v) is 6.38. The standard InChI is InChI=1S/C18H24N4O2/c1-21-8-7-20-18(21)15-12-19-6-9-22(15)13-14-4-2-5-16-17(14)24-11-3-10-23-16/h2,4-5,7-8,15,19H,3,6,9-13H2,1H3. The van der Waals surface area contributed by atoms with Gasteiger partial charge in [-0.3, -0.25) is 4.90 Å². The molecule has 2 aromatic rings. The summed E-state index contributed by atoms with van der Waals surface area (Å²) in [5, 5.41) is 3.49. The van der Waals surface area contributed by atoms with E-state index in [1.807, 2.05) is 18.5 Å². The molecule has 1 unspecified atom stereocenters. The number of piperazine rings is 1. The highest BCUT2D eigenvalue weighted by Crippen LogP contribution is 2.35. The minimum absolute atomic E-state index is 0.265. The van der Waals surface area contributed by atoms with E-state index < -0.39 is 0 Å². The molecule has 24 heavy (non-hydrogen) atoms. The Balaban J connectivity index is 1.60. The number of imidazole rings is 1. The zero-order valence-corrected chi connectivity index (χ0v) is 14.1. The summed E-state index contributed by atoms with van der Waals surface area (Å²) in [5.41, 5.74) is 1.19. The van der Waals surface area contributed by atoms with E-state index in [2.05, 4.69) is 38.9 Å². The lowest BCUT2D eigenvalue weighted by atomic mass is 10.1. The molecule has 1 N–H and O–H groups in total. The molecule has 0 saturated carbocycles. The maximum absolute atomic E-state index is 5.98. The number of hydrogen-bond donors (Lipinski definition) is 1. The predicted molar refractivity (Wildman–Crippen MR) is 91.3 cm³/mol. The van der Waals surface area contributed by atoms with Crippen molar-refractivity contribution in [3.05, 3.63) is 42.0 Å². The third kappa shape index (κ3) is 2.99. The maximum Gasteiger partial charge on any atom is 0.165 e. The van der Waals surface area contributed by atoms with Crippen molar-refractivity contribution in [3.8, 4) is 11.5 Å². The predicted octanol–water partition coefficient (Wildman–Crippen LogP) is 1.73. The highest BCUT2D eigenvalue weighted by atomic mass is 16.5.